The van der Waals surface area contributed by atoms with Gasteiger partial charge in [-0.15, -0.1) is 11.3 Å². The molecule has 3 aromatic rings. The number of anilines is 1. The van der Waals surface area contributed by atoms with Gasteiger partial charge in [-0.2, -0.15) is 0 Å². The number of amides is 1. The number of thiophene rings is 1. The zero-order valence-electron chi connectivity index (χ0n) is 11.9. The van der Waals surface area contributed by atoms with Crippen LogP contribution in [0.25, 0.3) is 10.1 Å². The van der Waals surface area contributed by atoms with Gasteiger partial charge in [0, 0.05) is 15.8 Å². The number of halogens is 1. The van der Waals surface area contributed by atoms with Gasteiger partial charge in [0.05, 0.1) is 11.5 Å². The number of carbonyl (C=O) groups excluding carboxylic acids is 1. The first-order valence-corrected chi connectivity index (χ1v) is 7.71. The van der Waals surface area contributed by atoms with E-state index in [0.717, 1.165) is 10.4 Å². The molecule has 0 aliphatic rings. The van der Waals surface area contributed by atoms with Crippen molar-refractivity contribution in [1.82, 2.24) is 0 Å². The van der Waals surface area contributed by atoms with E-state index in [4.69, 9.17) is 4.74 Å². The van der Waals surface area contributed by atoms with Crippen LogP contribution in [0.15, 0.2) is 48.5 Å². The van der Waals surface area contributed by atoms with Crippen LogP contribution >= 0.6 is 11.3 Å². The van der Waals surface area contributed by atoms with Crippen molar-refractivity contribution < 1.29 is 13.9 Å². The van der Waals surface area contributed by atoms with E-state index in [1.807, 2.05) is 6.92 Å². The highest BCUT2D eigenvalue weighted by Crippen LogP contribution is 2.28. The van der Waals surface area contributed by atoms with Crippen LogP contribution in [-0.2, 0) is 0 Å². The molecule has 0 fully saturated rings. The third kappa shape index (κ3) is 2.94. The molecule has 3 rings (SSSR count). The van der Waals surface area contributed by atoms with E-state index in [0.29, 0.717) is 22.6 Å². The maximum absolute atomic E-state index is 13.7. The second-order valence-corrected chi connectivity index (χ2v) is 5.76. The fourth-order valence-electron chi connectivity index (χ4n) is 2.13. The summed E-state index contributed by atoms with van der Waals surface area (Å²) < 4.78 is 19.8. The van der Waals surface area contributed by atoms with Crippen molar-refractivity contribution >= 4 is 33.0 Å². The third-order valence-corrected chi connectivity index (χ3v) is 4.25. The Hall–Kier alpha value is -2.40. The Morgan fingerprint density at radius 3 is 2.68 bits per heavy atom. The molecule has 0 saturated carbocycles. The molecule has 0 radical (unpaired) electrons. The van der Waals surface area contributed by atoms with E-state index < -0.39 is 0 Å². The summed E-state index contributed by atoms with van der Waals surface area (Å²) in [7, 11) is 0. The lowest BCUT2D eigenvalue weighted by Crippen LogP contribution is -2.09. The summed E-state index contributed by atoms with van der Waals surface area (Å²) in [6, 6.07) is 13.6. The van der Waals surface area contributed by atoms with Gasteiger partial charge in [0.2, 0.25) is 0 Å². The molecule has 0 unspecified atom stereocenters. The minimum Gasteiger partial charge on any atom is -0.494 e. The number of hydrogen-bond acceptors (Lipinski definition) is 3. The minimum atomic E-state index is -0.311. The number of nitrogens with one attached hydrogen (secondary N) is 1. The van der Waals surface area contributed by atoms with Crippen LogP contribution in [0.2, 0.25) is 0 Å². The molecule has 0 saturated heterocycles. The van der Waals surface area contributed by atoms with Crippen molar-refractivity contribution in [2.24, 2.45) is 0 Å². The standard InChI is InChI=1S/C17H14FNO2S/c1-2-21-12-8-6-11(7-9-12)19-17(20)16-10-13-14(18)4-3-5-15(13)22-16/h3-10H,2H2,1H3,(H,19,20). The molecule has 1 amide bonds. The second-order valence-electron chi connectivity index (χ2n) is 4.67. The molecule has 1 aromatic heterocycles. The first-order chi connectivity index (χ1) is 10.7. The maximum atomic E-state index is 13.7. The van der Waals surface area contributed by atoms with Crippen LogP contribution in [0.5, 0.6) is 5.75 Å². The number of carbonyl (C=O) groups is 1. The molecule has 1 heterocycles. The van der Waals surface area contributed by atoms with Crippen molar-refractivity contribution in [2.45, 2.75) is 6.92 Å². The van der Waals surface area contributed by atoms with Crippen LogP contribution < -0.4 is 10.1 Å². The molecule has 112 valence electrons. The second kappa shape index (κ2) is 6.15. The van der Waals surface area contributed by atoms with E-state index >= 15 is 0 Å². The van der Waals surface area contributed by atoms with Crippen LogP contribution in [0.4, 0.5) is 10.1 Å². The Labute approximate surface area is 131 Å². The summed E-state index contributed by atoms with van der Waals surface area (Å²) in [5.41, 5.74) is 0.673. The minimum absolute atomic E-state index is 0.246. The topological polar surface area (TPSA) is 38.3 Å². The molecule has 22 heavy (non-hydrogen) atoms. The summed E-state index contributed by atoms with van der Waals surface area (Å²) >= 11 is 1.27. The van der Waals surface area contributed by atoms with Gasteiger partial charge in [0.1, 0.15) is 11.6 Å². The summed E-state index contributed by atoms with van der Waals surface area (Å²) in [6.07, 6.45) is 0. The summed E-state index contributed by atoms with van der Waals surface area (Å²) in [5.74, 6) is 0.197. The van der Waals surface area contributed by atoms with Gasteiger partial charge in [-0.25, -0.2) is 4.39 Å². The number of ether oxygens (including phenoxy) is 1. The lowest BCUT2D eigenvalue weighted by atomic mass is 10.2. The molecule has 0 aliphatic carbocycles. The average Bonchev–Trinajstić information content (AvgIpc) is 2.95. The van der Waals surface area contributed by atoms with Gasteiger partial charge in [-0.3, -0.25) is 4.79 Å². The van der Waals surface area contributed by atoms with Gasteiger partial charge in [0.25, 0.3) is 5.91 Å². The lowest BCUT2D eigenvalue weighted by Gasteiger charge is -2.06. The molecular formula is C17H14FNO2S. The van der Waals surface area contributed by atoms with E-state index in [1.165, 1.54) is 17.4 Å². The molecule has 0 atom stereocenters. The molecule has 1 N–H and O–H groups in total. The van der Waals surface area contributed by atoms with Crippen molar-refractivity contribution in [1.29, 1.82) is 0 Å². The summed E-state index contributed by atoms with van der Waals surface area (Å²) in [5, 5.41) is 3.28. The molecule has 2 aromatic carbocycles. The highest BCUT2D eigenvalue weighted by atomic mass is 32.1. The summed E-state index contributed by atoms with van der Waals surface area (Å²) in [6.45, 7) is 2.51. The van der Waals surface area contributed by atoms with Crippen LogP contribution in [0.3, 0.4) is 0 Å². The van der Waals surface area contributed by atoms with E-state index in [-0.39, 0.29) is 11.7 Å². The number of hydrogen-bond donors (Lipinski definition) is 1. The quantitative estimate of drug-likeness (QED) is 0.758. The molecule has 0 aliphatic heterocycles. The zero-order valence-corrected chi connectivity index (χ0v) is 12.7. The SMILES string of the molecule is CCOc1ccc(NC(=O)c2cc3c(F)cccc3s2)cc1. The van der Waals surface area contributed by atoms with Gasteiger partial charge < -0.3 is 10.1 Å². The van der Waals surface area contributed by atoms with Gasteiger partial charge in [0.15, 0.2) is 0 Å². The zero-order chi connectivity index (χ0) is 15.5. The predicted molar refractivity (Wildman–Crippen MR) is 87.3 cm³/mol. The average molecular weight is 315 g/mol. The highest BCUT2D eigenvalue weighted by Gasteiger charge is 2.12. The fraction of sp³-hybridized carbons (Fsp3) is 0.118. The molecule has 0 spiro atoms. The Bertz CT molecular complexity index is 811. The van der Waals surface area contributed by atoms with Crippen LogP contribution in [-0.4, -0.2) is 12.5 Å². The van der Waals surface area contributed by atoms with Gasteiger partial charge in [-0.05, 0) is 49.4 Å². The van der Waals surface area contributed by atoms with Crippen molar-refractivity contribution in [2.75, 3.05) is 11.9 Å². The predicted octanol–water partition coefficient (Wildman–Crippen LogP) is 4.69. The van der Waals surface area contributed by atoms with E-state index in [1.54, 1.807) is 42.5 Å². The normalized spacial score (nSPS) is 10.6. The number of rotatable bonds is 4. The lowest BCUT2D eigenvalue weighted by molar-refractivity contribution is 0.103. The smallest absolute Gasteiger partial charge is 0.265 e. The molecular weight excluding hydrogens is 301 g/mol. The van der Waals surface area contributed by atoms with Crippen LogP contribution in [0, 0.1) is 5.82 Å². The highest BCUT2D eigenvalue weighted by molar-refractivity contribution is 7.20. The first kappa shape index (κ1) is 14.5. The van der Waals surface area contributed by atoms with Crippen molar-refractivity contribution in [3.63, 3.8) is 0 Å². The summed E-state index contributed by atoms with van der Waals surface area (Å²) in [4.78, 5) is 12.7. The monoisotopic (exact) mass is 315 g/mol. The first-order valence-electron chi connectivity index (χ1n) is 6.89. The Morgan fingerprint density at radius 1 is 1.23 bits per heavy atom. The molecule has 3 nitrogen and oxygen atoms in total. The Balaban J connectivity index is 1.79. The van der Waals surface area contributed by atoms with Crippen molar-refractivity contribution in [3.05, 3.63) is 59.2 Å². The number of fused-ring (bicyclic) bond motifs is 1. The third-order valence-electron chi connectivity index (χ3n) is 3.16. The number of benzene rings is 2. The van der Waals surface area contributed by atoms with E-state index in [2.05, 4.69) is 5.32 Å². The Kier molecular flexibility index (Phi) is 4.06. The maximum Gasteiger partial charge on any atom is 0.265 e. The largest absolute Gasteiger partial charge is 0.494 e. The molecule has 0 bridgehead atoms. The Morgan fingerprint density at radius 2 is 2.00 bits per heavy atom. The molecule has 5 heteroatoms. The van der Waals surface area contributed by atoms with Gasteiger partial charge in [-0.1, -0.05) is 6.07 Å². The van der Waals surface area contributed by atoms with E-state index in [9.17, 15) is 9.18 Å². The van der Waals surface area contributed by atoms with Crippen molar-refractivity contribution in [3.8, 4) is 5.75 Å². The van der Waals surface area contributed by atoms with Gasteiger partial charge >= 0.3 is 0 Å². The van der Waals surface area contributed by atoms with Crippen LogP contribution in [0.1, 0.15) is 16.6 Å². The fourth-order valence-corrected chi connectivity index (χ4v) is 3.10.